The SMILES string of the molecule is CC(C)c1cc(F)cc(C(C)C)c1C(C)C(=O)O. The van der Waals surface area contributed by atoms with Gasteiger partial charge in [-0.05, 0) is 47.6 Å². The van der Waals surface area contributed by atoms with E-state index in [4.69, 9.17) is 0 Å². The third-order valence-electron chi connectivity index (χ3n) is 3.26. The molecule has 1 aromatic carbocycles. The first kappa shape index (κ1) is 14.7. The van der Waals surface area contributed by atoms with E-state index in [-0.39, 0.29) is 17.7 Å². The average molecular weight is 252 g/mol. The molecule has 3 heteroatoms. The Hall–Kier alpha value is -1.38. The summed E-state index contributed by atoms with van der Waals surface area (Å²) in [5.74, 6) is -1.56. The monoisotopic (exact) mass is 252 g/mol. The van der Waals surface area contributed by atoms with Crippen molar-refractivity contribution in [1.82, 2.24) is 0 Å². The van der Waals surface area contributed by atoms with Crippen molar-refractivity contribution < 1.29 is 14.3 Å². The van der Waals surface area contributed by atoms with E-state index in [1.54, 1.807) is 6.92 Å². The van der Waals surface area contributed by atoms with E-state index in [0.29, 0.717) is 0 Å². The lowest BCUT2D eigenvalue weighted by molar-refractivity contribution is -0.138. The van der Waals surface area contributed by atoms with Gasteiger partial charge in [-0.1, -0.05) is 27.7 Å². The lowest BCUT2D eigenvalue weighted by atomic mass is 9.82. The van der Waals surface area contributed by atoms with Crippen LogP contribution in [0.3, 0.4) is 0 Å². The van der Waals surface area contributed by atoms with E-state index in [0.717, 1.165) is 16.7 Å². The summed E-state index contributed by atoms with van der Waals surface area (Å²) in [6, 6.07) is 2.93. The van der Waals surface area contributed by atoms with Crippen LogP contribution in [0.5, 0.6) is 0 Å². The zero-order valence-corrected chi connectivity index (χ0v) is 11.6. The van der Waals surface area contributed by atoms with Crippen molar-refractivity contribution in [2.75, 3.05) is 0 Å². The Morgan fingerprint density at radius 1 is 1.06 bits per heavy atom. The van der Waals surface area contributed by atoms with Crippen LogP contribution in [0.1, 0.15) is 69.1 Å². The maximum absolute atomic E-state index is 13.6. The number of hydrogen-bond donors (Lipinski definition) is 1. The first-order valence-corrected chi connectivity index (χ1v) is 6.31. The number of halogens is 1. The summed E-state index contributed by atoms with van der Waals surface area (Å²) in [5, 5.41) is 9.22. The fourth-order valence-electron chi connectivity index (χ4n) is 2.24. The van der Waals surface area contributed by atoms with E-state index in [1.165, 1.54) is 12.1 Å². The fraction of sp³-hybridized carbons (Fsp3) is 0.533. The van der Waals surface area contributed by atoms with Gasteiger partial charge in [0, 0.05) is 0 Å². The molecule has 100 valence electrons. The predicted octanol–water partition coefficient (Wildman–Crippen LogP) is 4.26. The van der Waals surface area contributed by atoms with Crippen molar-refractivity contribution >= 4 is 5.97 Å². The molecule has 0 saturated carbocycles. The zero-order chi connectivity index (χ0) is 14.0. The molecule has 0 saturated heterocycles. The number of hydrogen-bond acceptors (Lipinski definition) is 1. The van der Waals surface area contributed by atoms with Crippen molar-refractivity contribution in [3.8, 4) is 0 Å². The third-order valence-corrected chi connectivity index (χ3v) is 3.26. The minimum absolute atomic E-state index is 0.106. The molecule has 0 fully saturated rings. The molecule has 1 aromatic rings. The highest BCUT2D eigenvalue weighted by Crippen LogP contribution is 2.34. The molecule has 0 aliphatic heterocycles. The molecule has 0 spiro atoms. The zero-order valence-electron chi connectivity index (χ0n) is 11.6. The Labute approximate surface area is 108 Å². The third kappa shape index (κ3) is 2.89. The fourth-order valence-corrected chi connectivity index (χ4v) is 2.24. The minimum Gasteiger partial charge on any atom is -0.481 e. The Morgan fingerprint density at radius 2 is 1.44 bits per heavy atom. The van der Waals surface area contributed by atoms with Gasteiger partial charge < -0.3 is 5.11 Å². The first-order chi connectivity index (χ1) is 8.25. The summed E-state index contributed by atoms with van der Waals surface area (Å²) < 4.78 is 13.6. The summed E-state index contributed by atoms with van der Waals surface area (Å²) in [4.78, 5) is 11.2. The summed E-state index contributed by atoms with van der Waals surface area (Å²) in [6.45, 7) is 9.48. The maximum atomic E-state index is 13.6. The van der Waals surface area contributed by atoms with Crippen molar-refractivity contribution in [2.45, 2.75) is 52.4 Å². The van der Waals surface area contributed by atoms with Gasteiger partial charge in [0.05, 0.1) is 5.92 Å². The van der Waals surface area contributed by atoms with Crippen LogP contribution in [0.2, 0.25) is 0 Å². The van der Waals surface area contributed by atoms with Gasteiger partial charge in [0.15, 0.2) is 0 Å². The molecule has 18 heavy (non-hydrogen) atoms. The highest BCUT2D eigenvalue weighted by atomic mass is 19.1. The predicted molar refractivity (Wildman–Crippen MR) is 70.6 cm³/mol. The number of benzene rings is 1. The van der Waals surface area contributed by atoms with E-state index < -0.39 is 11.9 Å². The molecule has 1 N–H and O–H groups in total. The quantitative estimate of drug-likeness (QED) is 0.869. The van der Waals surface area contributed by atoms with Crippen LogP contribution in [-0.2, 0) is 4.79 Å². The molecule has 0 bridgehead atoms. The smallest absolute Gasteiger partial charge is 0.310 e. The number of carbonyl (C=O) groups is 1. The van der Waals surface area contributed by atoms with Crippen LogP contribution in [0.15, 0.2) is 12.1 Å². The topological polar surface area (TPSA) is 37.3 Å². The molecule has 0 aliphatic rings. The van der Waals surface area contributed by atoms with Gasteiger partial charge in [0.25, 0.3) is 0 Å². The van der Waals surface area contributed by atoms with Crippen LogP contribution in [0, 0.1) is 5.82 Å². The van der Waals surface area contributed by atoms with Crippen LogP contribution in [0.25, 0.3) is 0 Å². The van der Waals surface area contributed by atoms with Gasteiger partial charge in [-0.25, -0.2) is 4.39 Å². The van der Waals surface area contributed by atoms with Gasteiger partial charge in [0.1, 0.15) is 5.82 Å². The average Bonchev–Trinajstić information content (AvgIpc) is 2.26. The van der Waals surface area contributed by atoms with E-state index in [2.05, 4.69) is 0 Å². The molecule has 1 rings (SSSR count). The molecule has 2 nitrogen and oxygen atoms in total. The van der Waals surface area contributed by atoms with E-state index in [1.807, 2.05) is 27.7 Å². The van der Waals surface area contributed by atoms with Crippen LogP contribution in [0.4, 0.5) is 4.39 Å². The molecule has 0 radical (unpaired) electrons. The van der Waals surface area contributed by atoms with Crippen molar-refractivity contribution in [2.24, 2.45) is 0 Å². The molecule has 1 unspecified atom stereocenters. The van der Waals surface area contributed by atoms with E-state index >= 15 is 0 Å². The molecule has 0 heterocycles. The lowest BCUT2D eigenvalue weighted by Crippen LogP contribution is -2.15. The second-order valence-electron chi connectivity index (χ2n) is 5.37. The number of carboxylic acids is 1. The first-order valence-electron chi connectivity index (χ1n) is 6.31. The van der Waals surface area contributed by atoms with Crippen molar-refractivity contribution in [3.63, 3.8) is 0 Å². The summed E-state index contributed by atoms with van der Waals surface area (Å²) in [6.07, 6.45) is 0. The number of rotatable bonds is 4. The Kier molecular flexibility index (Phi) is 4.49. The maximum Gasteiger partial charge on any atom is 0.310 e. The van der Waals surface area contributed by atoms with Gasteiger partial charge in [-0.3, -0.25) is 4.79 Å². The standard InChI is InChI=1S/C15H21FO2/c1-8(2)12-6-11(16)7-13(9(3)4)14(12)10(5)15(17)18/h6-10H,1-5H3,(H,17,18). The molecular weight excluding hydrogens is 231 g/mol. The normalized spacial score (nSPS) is 13.1. The highest BCUT2D eigenvalue weighted by Gasteiger charge is 2.24. The highest BCUT2D eigenvalue weighted by molar-refractivity contribution is 5.77. The van der Waals surface area contributed by atoms with Crippen LogP contribution < -0.4 is 0 Å². The van der Waals surface area contributed by atoms with Crippen molar-refractivity contribution in [1.29, 1.82) is 0 Å². The number of aliphatic carboxylic acids is 1. The minimum atomic E-state index is -0.870. The Morgan fingerprint density at radius 3 is 1.72 bits per heavy atom. The number of carboxylic acid groups (broad SMARTS) is 1. The molecular formula is C15H21FO2. The molecule has 1 atom stereocenters. The van der Waals surface area contributed by atoms with E-state index in [9.17, 15) is 14.3 Å². The molecule has 0 aromatic heterocycles. The Balaban J connectivity index is 3.55. The van der Waals surface area contributed by atoms with Gasteiger partial charge in [-0.2, -0.15) is 0 Å². The second kappa shape index (κ2) is 5.51. The largest absolute Gasteiger partial charge is 0.481 e. The molecule has 0 aliphatic carbocycles. The van der Waals surface area contributed by atoms with Gasteiger partial charge in [-0.15, -0.1) is 0 Å². The van der Waals surface area contributed by atoms with Crippen LogP contribution in [-0.4, -0.2) is 11.1 Å². The van der Waals surface area contributed by atoms with Crippen molar-refractivity contribution in [3.05, 3.63) is 34.6 Å². The van der Waals surface area contributed by atoms with Crippen LogP contribution >= 0.6 is 0 Å². The molecule has 0 amide bonds. The summed E-state index contributed by atoms with van der Waals surface area (Å²) >= 11 is 0. The summed E-state index contributed by atoms with van der Waals surface area (Å²) in [7, 11) is 0. The lowest BCUT2D eigenvalue weighted by Gasteiger charge is -2.22. The van der Waals surface area contributed by atoms with Gasteiger partial charge in [0.2, 0.25) is 0 Å². The Bertz CT molecular complexity index is 421. The second-order valence-corrected chi connectivity index (χ2v) is 5.37. The van der Waals surface area contributed by atoms with Gasteiger partial charge >= 0.3 is 5.97 Å². The summed E-state index contributed by atoms with van der Waals surface area (Å²) in [5.41, 5.74) is 2.37.